The summed E-state index contributed by atoms with van der Waals surface area (Å²) in [6.45, 7) is 2.76. The molecule has 1 aliphatic carbocycles. The van der Waals surface area contributed by atoms with Gasteiger partial charge in [-0.3, -0.25) is 9.59 Å². The fraction of sp³-hybridized carbons (Fsp3) is 0.588. The smallest absolute Gasteiger partial charge is 0.257 e. The van der Waals surface area contributed by atoms with Gasteiger partial charge in [0.05, 0.1) is 17.7 Å². The zero-order chi connectivity index (χ0) is 17.3. The van der Waals surface area contributed by atoms with Gasteiger partial charge in [-0.1, -0.05) is 0 Å². The molecule has 130 valence electrons. The molecule has 2 fully saturated rings. The van der Waals surface area contributed by atoms with Crippen molar-refractivity contribution in [3.8, 4) is 0 Å². The van der Waals surface area contributed by atoms with E-state index in [1.54, 1.807) is 25.4 Å². The monoisotopic (exact) mass is 332 g/mol. The van der Waals surface area contributed by atoms with E-state index in [0.717, 1.165) is 0 Å². The summed E-state index contributed by atoms with van der Waals surface area (Å²) < 4.78 is 0. The Bertz CT molecular complexity index is 636. The van der Waals surface area contributed by atoms with E-state index in [0.29, 0.717) is 43.2 Å². The fourth-order valence-electron chi connectivity index (χ4n) is 3.96. The Morgan fingerprint density at radius 2 is 2.00 bits per heavy atom. The zero-order valence-corrected chi connectivity index (χ0v) is 14.0. The maximum atomic E-state index is 12.8. The lowest BCUT2D eigenvalue weighted by atomic mass is 9.77. The van der Waals surface area contributed by atoms with Gasteiger partial charge in [-0.05, 0) is 36.8 Å². The number of rotatable bonds is 3. The van der Waals surface area contributed by atoms with Crippen molar-refractivity contribution in [2.24, 2.45) is 11.8 Å². The SMILES string of the molecule is CNc1ncccc1C(=O)N1C[C@H]2C[C@@H](NC(C)=O)[C@H](O)C[C@H]2C1. The third kappa shape index (κ3) is 3.21. The van der Waals surface area contributed by atoms with Crippen molar-refractivity contribution in [3.63, 3.8) is 0 Å². The van der Waals surface area contributed by atoms with E-state index in [1.807, 2.05) is 4.90 Å². The minimum absolute atomic E-state index is 0.0348. The van der Waals surface area contributed by atoms with Gasteiger partial charge in [0, 0.05) is 33.3 Å². The number of nitrogens with zero attached hydrogens (tertiary/aromatic N) is 2. The van der Waals surface area contributed by atoms with Crippen LogP contribution in [0.25, 0.3) is 0 Å². The van der Waals surface area contributed by atoms with Gasteiger partial charge in [0.25, 0.3) is 5.91 Å². The Labute approximate surface area is 141 Å². The molecule has 1 aromatic heterocycles. The van der Waals surface area contributed by atoms with E-state index in [-0.39, 0.29) is 23.8 Å². The van der Waals surface area contributed by atoms with Gasteiger partial charge >= 0.3 is 0 Å². The van der Waals surface area contributed by atoms with Crippen molar-refractivity contribution >= 4 is 17.6 Å². The lowest BCUT2D eigenvalue weighted by Gasteiger charge is -2.35. The molecule has 2 heterocycles. The van der Waals surface area contributed by atoms with Crippen LogP contribution in [0.2, 0.25) is 0 Å². The largest absolute Gasteiger partial charge is 0.391 e. The minimum atomic E-state index is -0.545. The second-order valence-electron chi connectivity index (χ2n) is 6.73. The van der Waals surface area contributed by atoms with Gasteiger partial charge in [0.15, 0.2) is 0 Å². The number of aliphatic hydroxyl groups is 1. The molecular weight excluding hydrogens is 308 g/mol. The molecule has 7 heteroatoms. The van der Waals surface area contributed by atoms with E-state index >= 15 is 0 Å². The highest BCUT2D eigenvalue weighted by Gasteiger charge is 2.43. The van der Waals surface area contributed by atoms with Crippen molar-refractivity contribution in [1.82, 2.24) is 15.2 Å². The summed E-state index contributed by atoms with van der Waals surface area (Å²) >= 11 is 0. The average Bonchev–Trinajstić information content (AvgIpc) is 2.96. The number of likely N-dealkylation sites (tertiary alicyclic amines) is 1. The van der Waals surface area contributed by atoms with Crippen LogP contribution in [0.3, 0.4) is 0 Å². The summed E-state index contributed by atoms with van der Waals surface area (Å²) in [4.78, 5) is 30.1. The molecule has 1 aliphatic heterocycles. The summed E-state index contributed by atoms with van der Waals surface area (Å²) in [6.07, 6.45) is 2.43. The molecule has 1 saturated carbocycles. The highest BCUT2D eigenvalue weighted by Crippen LogP contribution is 2.37. The third-order valence-electron chi connectivity index (χ3n) is 5.09. The molecular formula is C17H24N4O3. The third-order valence-corrected chi connectivity index (χ3v) is 5.09. The van der Waals surface area contributed by atoms with E-state index < -0.39 is 6.10 Å². The van der Waals surface area contributed by atoms with Gasteiger partial charge in [-0.2, -0.15) is 0 Å². The van der Waals surface area contributed by atoms with E-state index in [9.17, 15) is 14.7 Å². The van der Waals surface area contributed by atoms with Crippen LogP contribution >= 0.6 is 0 Å². The van der Waals surface area contributed by atoms with Crippen molar-refractivity contribution in [2.75, 3.05) is 25.5 Å². The first-order valence-corrected chi connectivity index (χ1v) is 8.36. The number of pyridine rings is 1. The molecule has 2 amide bonds. The number of fused-ring (bicyclic) bond motifs is 1. The number of aromatic nitrogens is 1. The van der Waals surface area contributed by atoms with Crippen molar-refractivity contribution in [1.29, 1.82) is 0 Å². The van der Waals surface area contributed by atoms with Crippen LogP contribution in [0.4, 0.5) is 5.82 Å². The normalized spacial score (nSPS) is 29.0. The number of amides is 2. The van der Waals surface area contributed by atoms with Crippen molar-refractivity contribution in [2.45, 2.75) is 31.9 Å². The van der Waals surface area contributed by atoms with Crippen LogP contribution in [-0.4, -0.2) is 59.1 Å². The van der Waals surface area contributed by atoms with Crippen LogP contribution in [0.1, 0.15) is 30.1 Å². The van der Waals surface area contributed by atoms with E-state index in [2.05, 4.69) is 15.6 Å². The molecule has 3 N–H and O–H groups in total. The quantitative estimate of drug-likeness (QED) is 0.748. The van der Waals surface area contributed by atoms with Gasteiger partial charge < -0.3 is 20.6 Å². The Hall–Kier alpha value is -2.15. The standard InChI is InChI=1S/C17H24N4O3/c1-10(22)20-14-6-11-8-21(9-12(11)7-15(14)23)17(24)13-4-3-5-19-16(13)18-2/h3-5,11-12,14-15,23H,6-9H2,1-2H3,(H,18,19)(H,20,22)/t11-,12+,14-,15-/m1/s1. The second kappa shape index (κ2) is 6.76. The summed E-state index contributed by atoms with van der Waals surface area (Å²) in [6, 6.07) is 3.32. The first-order chi connectivity index (χ1) is 11.5. The maximum Gasteiger partial charge on any atom is 0.257 e. The zero-order valence-electron chi connectivity index (χ0n) is 14.0. The van der Waals surface area contributed by atoms with Crippen LogP contribution < -0.4 is 10.6 Å². The Balaban J connectivity index is 1.71. The number of carbonyl (C=O) groups excluding carboxylic acids is 2. The van der Waals surface area contributed by atoms with Gasteiger partial charge in [-0.15, -0.1) is 0 Å². The fourth-order valence-corrected chi connectivity index (χ4v) is 3.96. The molecule has 0 unspecified atom stereocenters. The number of aliphatic hydroxyl groups excluding tert-OH is 1. The van der Waals surface area contributed by atoms with E-state index in [4.69, 9.17) is 0 Å². The minimum Gasteiger partial charge on any atom is -0.391 e. The van der Waals surface area contributed by atoms with Crippen molar-refractivity contribution < 1.29 is 14.7 Å². The molecule has 2 aliphatic rings. The lowest BCUT2D eigenvalue weighted by molar-refractivity contribution is -0.121. The molecule has 4 atom stereocenters. The van der Waals surface area contributed by atoms with Gasteiger partial charge in [0.2, 0.25) is 5.91 Å². The van der Waals surface area contributed by atoms with Crippen LogP contribution in [0.15, 0.2) is 18.3 Å². The van der Waals surface area contributed by atoms with E-state index in [1.165, 1.54) is 6.92 Å². The molecule has 24 heavy (non-hydrogen) atoms. The highest BCUT2D eigenvalue weighted by atomic mass is 16.3. The molecule has 7 nitrogen and oxygen atoms in total. The Morgan fingerprint density at radius 1 is 1.29 bits per heavy atom. The van der Waals surface area contributed by atoms with Gasteiger partial charge in [-0.25, -0.2) is 4.98 Å². The van der Waals surface area contributed by atoms with Gasteiger partial charge in [0.1, 0.15) is 5.82 Å². The maximum absolute atomic E-state index is 12.8. The summed E-state index contributed by atoms with van der Waals surface area (Å²) in [7, 11) is 1.75. The average molecular weight is 332 g/mol. The first kappa shape index (κ1) is 16.7. The second-order valence-corrected chi connectivity index (χ2v) is 6.73. The van der Waals surface area contributed by atoms with Crippen LogP contribution in [0, 0.1) is 11.8 Å². The molecule has 0 spiro atoms. The number of nitrogens with one attached hydrogen (secondary N) is 2. The molecule has 3 rings (SSSR count). The van der Waals surface area contributed by atoms with Crippen LogP contribution in [0.5, 0.6) is 0 Å². The summed E-state index contributed by atoms with van der Waals surface area (Å²) in [5, 5.41) is 16.0. The number of carbonyl (C=O) groups is 2. The molecule has 1 saturated heterocycles. The number of anilines is 1. The summed E-state index contributed by atoms with van der Waals surface area (Å²) in [5.41, 5.74) is 0.567. The summed E-state index contributed by atoms with van der Waals surface area (Å²) in [5.74, 6) is 1.01. The number of hydrogen-bond donors (Lipinski definition) is 3. The molecule has 0 radical (unpaired) electrons. The topological polar surface area (TPSA) is 94.6 Å². The molecule has 1 aromatic rings. The lowest BCUT2D eigenvalue weighted by Crippen LogP contribution is -2.48. The molecule has 0 aromatic carbocycles. The predicted octanol–water partition coefficient (Wildman–Crippen LogP) is 0.471. The highest BCUT2D eigenvalue weighted by molar-refractivity contribution is 5.98. The van der Waals surface area contributed by atoms with Crippen LogP contribution in [-0.2, 0) is 4.79 Å². The number of hydrogen-bond acceptors (Lipinski definition) is 5. The first-order valence-electron chi connectivity index (χ1n) is 8.36. The Kier molecular flexibility index (Phi) is 4.71. The molecule has 0 bridgehead atoms. The van der Waals surface area contributed by atoms with Crippen molar-refractivity contribution in [3.05, 3.63) is 23.9 Å². The Morgan fingerprint density at radius 3 is 2.67 bits per heavy atom. The predicted molar refractivity (Wildman–Crippen MR) is 89.5 cm³/mol.